The fourth-order valence-electron chi connectivity index (χ4n) is 2.17. The van der Waals surface area contributed by atoms with Crippen molar-refractivity contribution < 1.29 is 5.11 Å². The molecule has 1 aromatic carbocycles. The fourth-order valence-corrected chi connectivity index (χ4v) is 2.17. The number of nitrogens with zero attached hydrogens (tertiary/aromatic N) is 1. The Morgan fingerprint density at radius 2 is 2.12 bits per heavy atom. The first kappa shape index (κ1) is 11.6. The van der Waals surface area contributed by atoms with E-state index in [9.17, 15) is 5.11 Å². The lowest BCUT2D eigenvalue weighted by molar-refractivity contribution is 0.0513. The smallest absolute Gasteiger partial charge is 0.0820 e. The van der Waals surface area contributed by atoms with E-state index in [1.165, 1.54) is 5.56 Å². The van der Waals surface area contributed by atoms with E-state index < -0.39 is 0 Å². The van der Waals surface area contributed by atoms with Crippen LogP contribution >= 0.6 is 0 Å². The summed E-state index contributed by atoms with van der Waals surface area (Å²) >= 11 is 0. The lowest BCUT2D eigenvalue weighted by Crippen LogP contribution is -2.51. The van der Waals surface area contributed by atoms with Gasteiger partial charge in [-0.25, -0.2) is 0 Å². The highest BCUT2D eigenvalue weighted by atomic mass is 16.3. The molecule has 1 aliphatic heterocycles. The molecule has 0 aromatic heterocycles. The second-order valence-electron chi connectivity index (χ2n) is 4.59. The molecule has 3 heteroatoms. The Balaban J connectivity index is 1.82. The van der Waals surface area contributed by atoms with Gasteiger partial charge < -0.3 is 15.3 Å². The number of hydrogen-bond acceptors (Lipinski definition) is 3. The predicted molar refractivity (Wildman–Crippen MR) is 65.2 cm³/mol. The number of β-amino-alcohol motifs (C(OH)–C–C–N with tert-alkyl or cyclic N) is 1. The molecule has 0 unspecified atom stereocenters. The Labute approximate surface area is 97.1 Å². The highest BCUT2D eigenvalue weighted by Gasteiger charge is 2.24. The van der Waals surface area contributed by atoms with Crippen LogP contribution in [0.3, 0.4) is 0 Å². The monoisotopic (exact) mass is 220 g/mol. The van der Waals surface area contributed by atoms with Gasteiger partial charge in [-0.05, 0) is 25.6 Å². The van der Waals surface area contributed by atoms with Gasteiger partial charge in [-0.1, -0.05) is 30.3 Å². The summed E-state index contributed by atoms with van der Waals surface area (Å²) in [4.78, 5) is 2.17. The molecule has 0 amide bonds. The number of aliphatic hydroxyl groups is 1. The molecular formula is C13H20N2O. The van der Waals surface area contributed by atoms with Crippen LogP contribution in [0.2, 0.25) is 0 Å². The second kappa shape index (κ2) is 5.43. The zero-order valence-corrected chi connectivity index (χ0v) is 9.76. The highest BCUT2D eigenvalue weighted by molar-refractivity contribution is 5.14. The van der Waals surface area contributed by atoms with E-state index in [0.29, 0.717) is 0 Å². The van der Waals surface area contributed by atoms with E-state index in [-0.39, 0.29) is 12.1 Å². The number of likely N-dealkylation sites (tertiary alicyclic amines) is 1. The van der Waals surface area contributed by atoms with Crippen molar-refractivity contribution in [3.8, 4) is 0 Å². The molecule has 88 valence electrons. The molecule has 0 radical (unpaired) electrons. The maximum Gasteiger partial charge on any atom is 0.0820 e. The van der Waals surface area contributed by atoms with Crippen molar-refractivity contribution in [2.75, 3.05) is 20.1 Å². The van der Waals surface area contributed by atoms with Gasteiger partial charge in [0.25, 0.3) is 0 Å². The number of hydrogen-bond donors (Lipinski definition) is 2. The van der Waals surface area contributed by atoms with E-state index in [1.54, 1.807) is 0 Å². The Bertz CT molecular complexity index is 315. The summed E-state index contributed by atoms with van der Waals surface area (Å²) in [5.74, 6) is 0. The van der Waals surface area contributed by atoms with Crippen LogP contribution in [0.1, 0.15) is 12.0 Å². The van der Waals surface area contributed by atoms with Gasteiger partial charge >= 0.3 is 0 Å². The SMILES string of the molecule is CN1CC[C@H](NCc2ccccc2)[C@@H](O)C1. The number of likely N-dealkylation sites (N-methyl/N-ethyl adjacent to an activating group) is 1. The Morgan fingerprint density at radius 1 is 1.38 bits per heavy atom. The maximum atomic E-state index is 9.91. The topological polar surface area (TPSA) is 35.5 Å². The number of rotatable bonds is 3. The predicted octanol–water partition coefficient (Wildman–Crippen LogP) is 0.841. The van der Waals surface area contributed by atoms with Crippen molar-refractivity contribution in [2.45, 2.75) is 25.1 Å². The van der Waals surface area contributed by atoms with Crippen LogP contribution in [0.15, 0.2) is 30.3 Å². The number of nitrogens with one attached hydrogen (secondary N) is 1. The van der Waals surface area contributed by atoms with Crippen molar-refractivity contribution >= 4 is 0 Å². The molecule has 1 aliphatic rings. The fraction of sp³-hybridized carbons (Fsp3) is 0.538. The summed E-state index contributed by atoms with van der Waals surface area (Å²) < 4.78 is 0. The summed E-state index contributed by atoms with van der Waals surface area (Å²) in [7, 11) is 2.05. The minimum Gasteiger partial charge on any atom is -0.390 e. The van der Waals surface area contributed by atoms with Crippen LogP contribution < -0.4 is 5.32 Å². The molecule has 1 fully saturated rings. The van der Waals surface area contributed by atoms with Gasteiger partial charge in [-0.2, -0.15) is 0 Å². The molecule has 1 aromatic rings. The van der Waals surface area contributed by atoms with Crippen LogP contribution in [0.25, 0.3) is 0 Å². The first-order valence-corrected chi connectivity index (χ1v) is 5.89. The van der Waals surface area contributed by atoms with Crippen molar-refractivity contribution in [1.82, 2.24) is 10.2 Å². The Morgan fingerprint density at radius 3 is 2.81 bits per heavy atom. The lowest BCUT2D eigenvalue weighted by atomic mass is 10.0. The van der Waals surface area contributed by atoms with Crippen LogP contribution in [0.5, 0.6) is 0 Å². The quantitative estimate of drug-likeness (QED) is 0.792. The minimum absolute atomic E-state index is 0.233. The number of benzene rings is 1. The van der Waals surface area contributed by atoms with Gasteiger partial charge in [-0.15, -0.1) is 0 Å². The van der Waals surface area contributed by atoms with E-state index in [1.807, 2.05) is 18.2 Å². The molecule has 16 heavy (non-hydrogen) atoms. The van der Waals surface area contributed by atoms with Crippen LogP contribution in [0.4, 0.5) is 0 Å². The zero-order chi connectivity index (χ0) is 11.4. The normalized spacial score (nSPS) is 26.9. The average Bonchev–Trinajstić information content (AvgIpc) is 2.29. The molecular weight excluding hydrogens is 200 g/mol. The van der Waals surface area contributed by atoms with Crippen LogP contribution in [-0.4, -0.2) is 42.3 Å². The molecule has 0 aliphatic carbocycles. The van der Waals surface area contributed by atoms with Gasteiger partial charge in [0, 0.05) is 19.1 Å². The molecule has 0 spiro atoms. The van der Waals surface area contributed by atoms with Gasteiger partial charge in [0.1, 0.15) is 0 Å². The Hall–Kier alpha value is -0.900. The van der Waals surface area contributed by atoms with Gasteiger partial charge in [-0.3, -0.25) is 0 Å². The van der Waals surface area contributed by atoms with Crippen LogP contribution in [-0.2, 0) is 6.54 Å². The summed E-state index contributed by atoms with van der Waals surface area (Å²) in [5.41, 5.74) is 1.27. The first-order chi connectivity index (χ1) is 7.75. The molecule has 3 nitrogen and oxygen atoms in total. The van der Waals surface area contributed by atoms with Crippen molar-refractivity contribution in [3.05, 3.63) is 35.9 Å². The summed E-state index contributed by atoms with van der Waals surface area (Å²) in [6, 6.07) is 10.6. The minimum atomic E-state index is -0.248. The molecule has 1 heterocycles. The second-order valence-corrected chi connectivity index (χ2v) is 4.59. The highest BCUT2D eigenvalue weighted by Crippen LogP contribution is 2.10. The number of aliphatic hydroxyl groups excluding tert-OH is 1. The zero-order valence-electron chi connectivity index (χ0n) is 9.76. The van der Waals surface area contributed by atoms with Crippen molar-refractivity contribution in [2.24, 2.45) is 0 Å². The molecule has 1 saturated heterocycles. The lowest BCUT2D eigenvalue weighted by Gasteiger charge is -2.34. The summed E-state index contributed by atoms with van der Waals surface area (Å²) in [6.45, 7) is 2.67. The number of piperidine rings is 1. The van der Waals surface area contributed by atoms with E-state index in [4.69, 9.17) is 0 Å². The molecule has 0 saturated carbocycles. The van der Waals surface area contributed by atoms with Gasteiger partial charge in [0.05, 0.1) is 6.10 Å². The third kappa shape index (κ3) is 3.04. The van der Waals surface area contributed by atoms with Crippen molar-refractivity contribution in [3.63, 3.8) is 0 Å². The molecule has 2 atom stereocenters. The molecule has 2 rings (SSSR count). The Kier molecular flexibility index (Phi) is 3.93. The first-order valence-electron chi connectivity index (χ1n) is 5.89. The van der Waals surface area contributed by atoms with Gasteiger partial charge in [0.15, 0.2) is 0 Å². The van der Waals surface area contributed by atoms with Crippen LogP contribution in [0, 0.1) is 0 Å². The largest absolute Gasteiger partial charge is 0.390 e. The van der Waals surface area contributed by atoms with E-state index >= 15 is 0 Å². The van der Waals surface area contributed by atoms with E-state index in [0.717, 1.165) is 26.1 Å². The third-order valence-electron chi connectivity index (χ3n) is 3.20. The standard InChI is InChI=1S/C13H20N2O/c1-15-8-7-12(13(16)10-15)14-9-11-5-3-2-4-6-11/h2-6,12-14,16H,7-10H2,1H3/t12-,13-/m0/s1. The summed E-state index contributed by atoms with van der Waals surface area (Å²) in [5, 5.41) is 13.3. The third-order valence-corrected chi connectivity index (χ3v) is 3.20. The molecule has 0 bridgehead atoms. The molecule has 2 N–H and O–H groups in total. The summed E-state index contributed by atoms with van der Waals surface area (Å²) in [6.07, 6.45) is 0.771. The van der Waals surface area contributed by atoms with Crippen molar-refractivity contribution in [1.29, 1.82) is 0 Å². The van der Waals surface area contributed by atoms with Gasteiger partial charge in [0.2, 0.25) is 0 Å². The van der Waals surface area contributed by atoms with E-state index in [2.05, 4.69) is 29.4 Å². The average molecular weight is 220 g/mol. The maximum absolute atomic E-state index is 9.91.